The number of fused-ring (bicyclic) bond motifs is 5. The summed E-state index contributed by atoms with van der Waals surface area (Å²) in [4.78, 5) is 145. The van der Waals surface area contributed by atoms with Gasteiger partial charge in [-0.15, -0.1) is 0 Å². The van der Waals surface area contributed by atoms with Crippen LogP contribution in [-0.4, -0.2) is 186 Å². The molecule has 28 heteroatoms. The number of nitrogens with zero attached hydrogens (tertiary/aromatic N) is 8. The summed E-state index contributed by atoms with van der Waals surface area (Å²) in [6, 6.07) is 36.1. The SMILES string of the molecule is COC(=O)N[C@H](C(=O)N1CCC[C@H]1c1ncc(-c2ccc3c(-c4ccc(C(C)(C)C)cc4)c4cc(-c5cnc([C@@H]6CCCN6C(=O)[C@@H](NC(=O)OC)C(C)C)[nH]5)ccc4cc3c2)[nH]1)C(C)C.COC(=O)N[C@H](C(=O)N1CCC[C@H]1c1ncc(C2=CC3c4ccc(-c5cnc([C@@H]6CCCN6C(=O)[C@@H](NC(=O)OC)C(C)C)[nH]5)cc4C(c4ccc(C(C)(C)C)cc4)C3C=C2)[nH]1)C(C)C. The number of hydrogen-bond acceptors (Lipinski definition) is 16. The summed E-state index contributed by atoms with van der Waals surface area (Å²) < 4.78 is 19.3. The van der Waals surface area contributed by atoms with Crippen LogP contribution in [0.15, 0.2) is 152 Å². The average Bonchev–Trinajstić information content (AvgIpc) is 1.73. The Morgan fingerprint density at radius 2 is 0.740 bits per heavy atom. The van der Waals surface area contributed by atoms with Crippen LogP contribution in [0.3, 0.4) is 0 Å². The van der Waals surface area contributed by atoms with Gasteiger partial charge in [-0.3, -0.25) is 19.2 Å². The number of ether oxygens (including phenoxy) is 4. The molecule has 0 spiro atoms. The van der Waals surface area contributed by atoms with Crippen molar-refractivity contribution in [2.24, 2.45) is 29.6 Å². The van der Waals surface area contributed by atoms with E-state index in [4.69, 9.17) is 38.9 Å². The van der Waals surface area contributed by atoms with Crippen LogP contribution in [0, 0.1) is 29.6 Å². The Bertz CT molecular complexity index is 5960. The van der Waals surface area contributed by atoms with Crippen molar-refractivity contribution in [3.8, 4) is 44.9 Å². The van der Waals surface area contributed by atoms with Crippen LogP contribution in [0.25, 0.3) is 72.0 Å². The molecule has 28 nitrogen and oxygen atoms in total. The Labute approximate surface area is 766 Å². The van der Waals surface area contributed by atoms with E-state index in [-0.39, 0.29) is 100 Å². The maximum atomic E-state index is 13.9. The lowest BCUT2D eigenvalue weighted by Crippen LogP contribution is -2.51. The van der Waals surface area contributed by atoms with Gasteiger partial charge >= 0.3 is 24.4 Å². The van der Waals surface area contributed by atoms with Gasteiger partial charge in [0.05, 0.1) is 100 Å². The zero-order valence-electron chi connectivity index (χ0n) is 78.6. The number of imidazole rings is 4. The molecule has 11 atom stereocenters. The zero-order chi connectivity index (χ0) is 93.3. The highest BCUT2D eigenvalue weighted by Crippen LogP contribution is 2.55. The third kappa shape index (κ3) is 19.4. The second-order valence-corrected chi connectivity index (χ2v) is 39.1. The summed E-state index contributed by atoms with van der Waals surface area (Å²) >= 11 is 0. The molecule has 8 amide bonds. The maximum absolute atomic E-state index is 13.9. The fourth-order valence-electron chi connectivity index (χ4n) is 19.9. The fourth-order valence-corrected chi connectivity index (χ4v) is 19.9. The molecule has 4 aliphatic heterocycles. The summed E-state index contributed by atoms with van der Waals surface area (Å²) in [6.07, 6.45) is 18.2. The molecule has 6 aromatic carbocycles. The van der Waals surface area contributed by atoms with Gasteiger partial charge in [-0.05, 0) is 188 Å². The normalized spacial score (nSPS) is 19.9. The largest absolute Gasteiger partial charge is 0.453 e. The summed E-state index contributed by atoms with van der Waals surface area (Å²) in [5.41, 5.74) is 16.0. The Hall–Kier alpha value is -12.9. The Morgan fingerprint density at radius 3 is 1.13 bits per heavy atom. The first-order valence-corrected chi connectivity index (χ1v) is 46.2. The number of benzene rings is 6. The van der Waals surface area contributed by atoms with E-state index in [9.17, 15) is 38.4 Å². The summed E-state index contributed by atoms with van der Waals surface area (Å²) in [6.45, 7) is 31.0. The zero-order valence-corrected chi connectivity index (χ0v) is 78.6. The van der Waals surface area contributed by atoms with Gasteiger partial charge in [-0.1, -0.05) is 200 Å². The van der Waals surface area contributed by atoms with Gasteiger partial charge in [0.15, 0.2) is 0 Å². The van der Waals surface area contributed by atoms with Gasteiger partial charge in [-0.25, -0.2) is 39.1 Å². The number of carbonyl (C=O) groups excluding carboxylic acids is 8. The van der Waals surface area contributed by atoms with Crippen LogP contribution < -0.4 is 21.3 Å². The molecule has 131 heavy (non-hydrogen) atoms. The van der Waals surface area contributed by atoms with Crippen molar-refractivity contribution in [2.75, 3.05) is 54.6 Å². The lowest BCUT2D eigenvalue weighted by Gasteiger charge is -2.30. The van der Waals surface area contributed by atoms with Gasteiger partial charge in [-0.2, -0.15) is 0 Å². The monoisotopic (exact) mass is 1780 g/mol. The molecule has 690 valence electrons. The van der Waals surface area contributed by atoms with Gasteiger partial charge in [0.2, 0.25) is 23.6 Å². The molecule has 8 heterocycles. The van der Waals surface area contributed by atoms with Crippen molar-refractivity contribution in [1.82, 2.24) is 80.7 Å². The molecular weight excluding hydrogens is 1650 g/mol. The maximum Gasteiger partial charge on any atom is 0.407 e. The number of amides is 8. The molecule has 0 bridgehead atoms. The molecule has 2 aliphatic carbocycles. The van der Waals surface area contributed by atoms with Crippen LogP contribution in [0.2, 0.25) is 0 Å². The molecule has 4 aromatic heterocycles. The molecule has 3 unspecified atom stereocenters. The van der Waals surface area contributed by atoms with Gasteiger partial charge < -0.3 is 79.8 Å². The number of methoxy groups -OCH3 is 4. The van der Waals surface area contributed by atoms with Crippen LogP contribution >= 0.6 is 0 Å². The Kier molecular flexibility index (Phi) is 27.4. The Morgan fingerprint density at radius 1 is 0.389 bits per heavy atom. The second kappa shape index (κ2) is 38.7. The van der Waals surface area contributed by atoms with Crippen LogP contribution in [-0.2, 0) is 49.0 Å². The number of nitrogens with one attached hydrogen (secondary N) is 8. The van der Waals surface area contributed by atoms with Crippen LogP contribution in [0.5, 0.6) is 0 Å². The molecular formula is C103H126N16O12. The number of aromatic nitrogens is 8. The first-order chi connectivity index (χ1) is 62.6. The highest BCUT2D eigenvalue weighted by Gasteiger charge is 2.45. The number of H-pyrrole nitrogens is 4. The van der Waals surface area contributed by atoms with E-state index in [1.165, 1.54) is 56.3 Å². The van der Waals surface area contributed by atoms with Crippen LogP contribution in [0.4, 0.5) is 19.2 Å². The molecule has 16 rings (SSSR count). The van der Waals surface area contributed by atoms with E-state index < -0.39 is 48.5 Å². The van der Waals surface area contributed by atoms with E-state index in [0.717, 1.165) is 141 Å². The van der Waals surface area contributed by atoms with E-state index >= 15 is 0 Å². The number of rotatable bonds is 22. The van der Waals surface area contributed by atoms with Crippen LogP contribution in [0.1, 0.15) is 241 Å². The van der Waals surface area contributed by atoms with Crippen molar-refractivity contribution in [3.63, 3.8) is 0 Å². The standard InChI is InChI=1S/C52H62N8O6.C51H64N8O6/c1-29(2)44(57-50(63)65-8)48(61)59-22-10-12-41(59)46-53-27-39(55-46)33-18-21-37-35(25-33)24-32-14-15-34(26-38(32)43(37)31-16-19-36(20-17-31)52(5,6)7)40-28-54-47(56-40)42-13-11-23-60(42)49(62)45(30(3)4)58-51(64)66-9;1-28(2)43(56-49(62)64-8)47(60)58-22-10-12-40(58)45-52-26-38(54-45)31-17-21-35-36(24-31)34-20-16-32(25-37(34)42(35)30-14-18-33(19-15-30)51(5,6)7)39-27-53-46(55-39)41-13-11-23-59(41)48(61)44(29(3)4)57-50(63)65-9/h14-21,24-30,41-42,44-45H,10-13,22-23H2,1-9H3,(H,53,55)(H,54,56)(H,57,63)(H,58,64);14-21,24-29,35-36,40-44H,10-13,22-23H2,1-9H3,(H,52,54)(H,53,55)(H,56,62)(H,57,63)/t41-,42-,44-,45-;35?,36?,40-,41-,42?,43-,44-/m00/s1. The molecule has 0 radical (unpaired) electrons. The van der Waals surface area contributed by atoms with E-state index in [0.29, 0.717) is 37.8 Å². The minimum Gasteiger partial charge on any atom is -0.453 e. The van der Waals surface area contributed by atoms with Crippen molar-refractivity contribution < 1.29 is 57.3 Å². The molecule has 4 saturated heterocycles. The highest BCUT2D eigenvalue weighted by molar-refractivity contribution is 6.14. The Balaban J connectivity index is 0.000000201. The van der Waals surface area contributed by atoms with Crippen molar-refractivity contribution in [2.45, 2.75) is 219 Å². The number of carbonyl (C=O) groups is 8. The van der Waals surface area contributed by atoms with E-state index in [1.807, 2.05) is 99.8 Å². The molecule has 0 saturated carbocycles. The van der Waals surface area contributed by atoms with Gasteiger partial charge in [0.1, 0.15) is 47.5 Å². The first kappa shape index (κ1) is 92.8. The van der Waals surface area contributed by atoms with E-state index in [1.54, 1.807) is 0 Å². The minimum absolute atomic E-state index is 0.00531. The third-order valence-electron chi connectivity index (χ3n) is 27.2. The predicted octanol–water partition coefficient (Wildman–Crippen LogP) is 18.5. The number of hydrogen-bond donors (Lipinski definition) is 8. The summed E-state index contributed by atoms with van der Waals surface area (Å²) in [5.74, 6) is 2.19. The second-order valence-electron chi connectivity index (χ2n) is 39.1. The number of likely N-dealkylation sites (tertiary alicyclic amines) is 4. The third-order valence-corrected chi connectivity index (χ3v) is 27.2. The number of aromatic amines is 4. The average molecular weight is 1780 g/mol. The van der Waals surface area contributed by atoms with E-state index in [2.05, 4.69) is 210 Å². The molecule has 6 aliphatic rings. The fraction of sp³-hybridized carbons (Fsp3) is 0.456. The lowest BCUT2D eigenvalue weighted by molar-refractivity contribution is -0.136. The van der Waals surface area contributed by atoms with Crippen molar-refractivity contribution in [1.29, 1.82) is 0 Å². The van der Waals surface area contributed by atoms with Gasteiger partial charge in [0.25, 0.3) is 0 Å². The summed E-state index contributed by atoms with van der Waals surface area (Å²) in [7, 11) is 5.19. The topological polar surface area (TPSA) is 349 Å². The number of alkyl carbamates (subject to hydrolysis) is 4. The lowest BCUT2D eigenvalue weighted by atomic mass is 9.78. The number of allylic oxidation sites excluding steroid dienone is 4. The quantitative estimate of drug-likeness (QED) is 0.0231. The summed E-state index contributed by atoms with van der Waals surface area (Å²) in [5, 5.41) is 15.3. The van der Waals surface area contributed by atoms with Crippen molar-refractivity contribution >= 4 is 75.1 Å². The molecule has 4 fully saturated rings. The predicted molar refractivity (Wildman–Crippen MR) is 505 cm³/mol. The minimum atomic E-state index is -0.714. The van der Waals surface area contributed by atoms with Crippen molar-refractivity contribution in [3.05, 3.63) is 209 Å². The first-order valence-electron chi connectivity index (χ1n) is 46.2. The van der Waals surface area contributed by atoms with Gasteiger partial charge in [0, 0.05) is 49.1 Å². The smallest absolute Gasteiger partial charge is 0.407 e. The highest BCUT2D eigenvalue weighted by atomic mass is 16.5. The molecule has 8 N–H and O–H groups in total. The molecule has 10 aromatic rings.